The Labute approximate surface area is 271 Å². The van der Waals surface area contributed by atoms with Gasteiger partial charge in [-0.2, -0.15) is 0 Å². The maximum Gasteiger partial charge on any atom is 0.137 e. The van der Waals surface area contributed by atoms with Crippen LogP contribution in [-0.4, -0.2) is 16.2 Å². The molecule has 0 fully saturated rings. The van der Waals surface area contributed by atoms with Crippen LogP contribution in [0, 0.1) is 0 Å². The van der Waals surface area contributed by atoms with E-state index in [0.717, 1.165) is 12.5 Å². The van der Waals surface area contributed by atoms with Crippen LogP contribution in [0.1, 0.15) is 52.7 Å². The van der Waals surface area contributed by atoms with Gasteiger partial charge in [-0.15, -0.1) is 0 Å². The standard InChI is InChI=1S/C40H40N4S/c1-39(2,3)28-11-9-12-30(23-28)42-21-22-43(27-42)31-13-10-14-32(25-31)45-33-17-18-35-34-15-7-8-16-36(34)44(37(35)26-33)38-24-29(19-20-41-38)40(4,5)6/h7-26H,27H2,1-6H3. The summed E-state index contributed by atoms with van der Waals surface area (Å²) in [5.74, 6) is 0.955. The highest BCUT2D eigenvalue weighted by Crippen LogP contribution is 2.38. The van der Waals surface area contributed by atoms with E-state index >= 15 is 0 Å². The zero-order valence-corrected chi connectivity index (χ0v) is 27.8. The molecule has 7 rings (SSSR count). The molecule has 0 spiro atoms. The molecule has 4 aromatic carbocycles. The average Bonchev–Trinajstić information content (AvgIpc) is 3.64. The van der Waals surface area contributed by atoms with Gasteiger partial charge in [0.2, 0.25) is 0 Å². The molecular weight excluding hydrogens is 569 g/mol. The summed E-state index contributed by atoms with van der Waals surface area (Å²) < 4.78 is 2.32. The summed E-state index contributed by atoms with van der Waals surface area (Å²) in [6.07, 6.45) is 6.30. The molecule has 0 bridgehead atoms. The molecule has 1 aliphatic rings. The molecule has 45 heavy (non-hydrogen) atoms. The Hall–Kier alpha value is -4.48. The molecule has 1 aliphatic heterocycles. The summed E-state index contributed by atoms with van der Waals surface area (Å²) in [4.78, 5) is 11.9. The topological polar surface area (TPSA) is 24.3 Å². The third kappa shape index (κ3) is 5.73. The van der Waals surface area contributed by atoms with E-state index in [1.54, 1.807) is 11.8 Å². The minimum absolute atomic E-state index is 0.0422. The smallest absolute Gasteiger partial charge is 0.137 e. The van der Waals surface area contributed by atoms with Crippen molar-refractivity contribution < 1.29 is 0 Å². The van der Waals surface area contributed by atoms with Crippen LogP contribution in [0.15, 0.2) is 132 Å². The minimum atomic E-state index is 0.0422. The van der Waals surface area contributed by atoms with Crippen molar-refractivity contribution >= 4 is 44.9 Å². The first-order valence-electron chi connectivity index (χ1n) is 15.6. The van der Waals surface area contributed by atoms with Gasteiger partial charge in [0.15, 0.2) is 0 Å². The van der Waals surface area contributed by atoms with Crippen LogP contribution >= 0.6 is 11.8 Å². The van der Waals surface area contributed by atoms with Crippen molar-refractivity contribution in [3.05, 3.63) is 133 Å². The molecule has 0 aliphatic carbocycles. The summed E-state index contributed by atoms with van der Waals surface area (Å²) in [5, 5.41) is 2.48. The lowest BCUT2D eigenvalue weighted by Gasteiger charge is -2.24. The molecule has 3 heterocycles. The number of hydrogen-bond donors (Lipinski definition) is 0. The maximum absolute atomic E-state index is 4.85. The quantitative estimate of drug-likeness (QED) is 0.194. The van der Waals surface area contributed by atoms with E-state index in [4.69, 9.17) is 4.98 Å². The van der Waals surface area contributed by atoms with Crippen LogP contribution in [0.3, 0.4) is 0 Å². The van der Waals surface area contributed by atoms with Crippen molar-refractivity contribution in [3.63, 3.8) is 0 Å². The van der Waals surface area contributed by atoms with E-state index in [1.165, 1.54) is 54.1 Å². The molecule has 0 N–H and O–H groups in total. The average molecular weight is 609 g/mol. The summed E-state index contributed by atoms with van der Waals surface area (Å²) in [7, 11) is 0. The first-order chi connectivity index (χ1) is 21.5. The maximum atomic E-state index is 4.85. The Morgan fingerprint density at radius 2 is 1.22 bits per heavy atom. The molecule has 0 saturated carbocycles. The van der Waals surface area contributed by atoms with Crippen LogP contribution < -0.4 is 9.80 Å². The second-order valence-electron chi connectivity index (χ2n) is 14.0. The summed E-state index contributed by atoms with van der Waals surface area (Å²) in [5.41, 5.74) is 7.54. The van der Waals surface area contributed by atoms with Gasteiger partial charge in [-0.05, 0) is 82.6 Å². The van der Waals surface area contributed by atoms with E-state index in [-0.39, 0.29) is 10.8 Å². The van der Waals surface area contributed by atoms with Crippen molar-refractivity contribution in [2.75, 3.05) is 16.5 Å². The van der Waals surface area contributed by atoms with Gasteiger partial charge in [-0.25, -0.2) is 4.98 Å². The van der Waals surface area contributed by atoms with Gasteiger partial charge in [0.05, 0.1) is 17.7 Å². The predicted molar refractivity (Wildman–Crippen MR) is 192 cm³/mol. The largest absolute Gasteiger partial charge is 0.328 e. The van der Waals surface area contributed by atoms with Gasteiger partial charge >= 0.3 is 0 Å². The number of pyridine rings is 1. The molecular formula is C40H40N4S. The molecule has 0 amide bonds. The number of hydrogen-bond acceptors (Lipinski definition) is 4. The Morgan fingerprint density at radius 3 is 1.98 bits per heavy atom. The first-order valence-corrected chi connectivity index (χ1v) is 16.5. The van der Waals surface area contributed by atoms with Gasteiger partial charge in [0.1, 0.15) is 5.82 Å². The van der Waals surface area contributed by atoms with E-state index in [1.807, 2.05) is 6.20 Å². The number of rotatable bonds is 5. The van der Waals surface area contributed by atoms with Crippen molar-refractivity contribution in [2.45, 2.75) is 62.2 Å². The van der Waals surface area contributed by atoms with E-state index in [2.05, 4.69) is 171 Å². The highest BCUT2D eigenvalue weighted by molar-refractivity contribution is 7.99. The van der Waals surface area contributed by atoms with Crippen molar-refractivity contribution in [2.24, 2.45) is 0 Å². The first kappa shape index (κ1) is 29.2. The fourth-order valence-corrected chi connectivity index (χ4v) is 6.94. The van der Waals surface area contributed by atoms with Gasteiger partial charge in [-0.3, -0.25) is 4.57 Å². The lowest BCUT2D eigenvalue weighted by molar-refractivity contribution is 0.588. The number of benzene rings is 4. The lowest BCUT2D eigenvalue weighted by atomic mass is 9.87. The van der Waals surface area contributed by atoms with Crippen LogP contribution in [0.4, 0.5) is 11.4 Å². The number of fused-ring (bicyclic) bond motifs is 3. The predicted octanol–water partition coefficient (Wildman–Crippen LogP) is 10.7. The second kappa shape index (κ2) is 11.1. The van der Waals surface area contributed by atoms with Crippen LogP contribution in [0.5, 0.6) is 0 Å². The van der Waals surface area contributed by atoms with Gasteiger partial charge < -0.3 is 9.80 Å². The van der Waals surface area contributed by atoms with Gasteiger partial charge in [0.25, 0.3) is 0 Å². The zero-order valence-electron chi connectivity index (χ0n) is 27.0. The number of aromatic nitrogens is 2. The summed E-state index contributed by atoms with van der Waals surface area (Å²) in [6.45, 7) is 14.3. The van der Waals surface area contributed by atoms with Crippen LogP contribution in [-0.2, 0) is 10.8 Å². The van der Waals surface area contributed by atoms with Gasteiger partial charge in [-0.1, -0.05) is 95.8 Å². The molecule has 0 atom stereocenters. The van der Waals surface area contributed by atoms with Crippen molar-refractivity contribution in [3.8, 4) is 5.82 Å². The molecule has 226 valence electrons. The Balaban J connectivity index is 1.18. The minimum Gasteiger partial charge on any atom is -0.328 e. The van der Waals surface area contributed by atoms with E-state index in [9.17, 15) is 0 Å². The molecule has 0 unspecified atom stereocenters. The normalized spacial score (nSPS) is 13.8. The molecule has 6 aromatic rings. The fourth-order valence-electron chi connectivity index (χ4n) is 6.04. The second-order valence-corrected chi connectivity index (χ2v) is 15.1. The molecule has 2 aromatic heterocycles. The van der Waals surface area contributed by atoms with Crippen molar-refractivity contribution in [1.29, 1.82) is 0 Å². The van der Waals surface area contributed by atoms with Gasteiger partial charge in [0, 0.05) is 50.5 Å². The fraction of sp³-hybridized carbons (Fsp3) is 0.225. The summed E-state index contributed by atoms with van der Waals surface area (Å²) >= 11 is 1.80. The molecule has 5 heteroatoms. The number of nitrogens with zero attached hydrogens (tertiary/aromatic N) is 4. The molecule has 0 radical (unpaired) electrons. The summed E-state index contributed by atoms with van der Waals surface area (Å²) in [6, 6.07) is 37.6. The van der Waals surface area contributed by atoms with E-state index < -0.39 is 0 Å². The highest BCUT2D eigenvalue weighted by atomic mass is 32.2. The zero-order chi connectivity index (χ0) is 31.3. The van der Waals surface area contributed by atoms with Crippen molar-refractivity contribution in [1.82, 2.24) is 9.55 Å². The van der Waals surface area contributed by atoms with E-state index in [0.29, 0.717) is 0 Å². The molecule has 0 saturated heterocycles. The Bertz CT molecular complexity index is 2060. The third-order valence-electron chi connectivity index (χ3n) is 8.65. The highest BCUT2D eigenvalue weighted by Gasteiger charge is 2.20. The number of para-hydroxylation sites is 1. The number of anilines is 2. The van der Waals surface area contributed by atoms with Crippen LogP contribution in [0.25, 0.3) is 27.6 Å². The SMILES string of the molecule is CC(C)(C)c1cccc(N2C=CN(c3cccc(Sc4ccc5c6ccccc6n(-c6cc(C(C)(C)C)ccn6)c5c4)c3)C2)c1. The monoisotopic (exact) mass is 608 g/mol. The van der Waals surface area contributed by atoms with Crippen LogP contribution in [0.2, 0.25) is 0 Å². The third-order valence-corrected chi connectivity index (χ3v) is 9.63. The Kier molecular flexibility index (Phi) is 7.25. The Morgan fingerprint density at radius 1 is 0.578 bits per heavy atom. The lowest BCUT2D eigenvalue weighted by Crippen LogP contribution is -2.25. The molecule has 4 nitrogen and oxygen atoms in total.